The van der Waals surface area contributed by atoms with E-state index >= 15 is 0 Å². The predicted molar refractivity (Wildman–Crippen MR) is 71.6 cm³/mol. The summed E-state index contributed by atoms with van der Waals surface area (Å²) in [5.74, 6) is 0.980. The highest BCUT2D eigenvalue weighted by Crippen LogP contribution is 2.33. The van der Waals surface area contributed by atoms with E-state index in [2.05, 4.69) is 6.08 Å². The smallest absolute Gasteiger partial charge is 0.0203 e. The summed E-state index contributed by atoms with van der Waals surface area (Å²) in [6, 6.07) is 0. The Morgan fingerprint density at radius 3 is 2.12 bits per heavy atom. The van der Waals surface area contributed by atoms with E-state index in [9.17, 15) is 0 Å². The van der Waals surface area contributed by atoms with Crippen molar-refractivity contribution >= 4 is 0 Å². The van der Waals surface area contributed by atoms with Gasteiger partial charge in [-0.15, -0.1) is 0 Å². The summed E-state index contributed by atoms with van der Waals surface area (Å²) in [5, 5.41) is 0. The summed E-state index contributed by atoms with van der Waals surface area (Å²) in [6.07, 6.45) is 21.7. The van der Waals surface area contributed by atoms with E-state index in [1.165, 1.54) is 83.5 Å². The maximum absolute atomic E-state index is 2.63. The van der Waals surface area contributed by atoms with Gasteiger partial charge in [-0.25, -0.2) is 0 Å². The molecule has 0 aromatic heterocycles. The van der Waals surface area contributed by atoms with Crippen molar-refractivity contribution in [1.29, 1.82) is 0 Å². The van der Waals surface area contributed by atoms with E-state index in [0.29, 0.717) is 0 Å². The van der Waals surface area contributed by atoms with Gasteiger partial charge >= 0.3 is 0 Å². The van der Waals surface area contributed by atoms with Gasteiger partial charge in [0.25, 0.3) is 0 Å². The minimum Gasteiger partial charge on any atom is -0.0851 e. The molecule has 0 atom stereocenters. The second-order valence-electron chi connectivity index (χ2n) is 5.77. The minimum absolute atomic E-state index is 0.980. The molecule has 1 saturated carbocycles. The second-order valence-corrected chi connectivity index (χ2v) is 5.77. The van der Waals surface area contributed by atoms with Crippen LogP contribution < -0.4 is 0 Å². The SMILES string of the molecule is C1=C(C2CCCCC2)CCCCCCCC1. The lowest BCUT2D eigenvalue weighted by molar-refractivity contribution is 0.389. The molecule has 92 valence electrons. The highest BCUT2D eigenvalue weighted by atomic mass is 14.2. The van der Waals surface area contributed by atoms with Crippen molar-refractivity contribution in [2.75, 3.05) is 0 Å². The molecule has 0 saturated heterocycles. The Hall–Kier alpha value is -0.260. The summed E-state index contributed by atoms with van der Waals surface area (Å²) < 4.78 is 0. The molecule has 2 rings (SSSR count). The van der Waals surface area contributed by atoms with E-state index in [1.54, 1.807) is 0 Å². The Bertz CT molecular complexity index is 208. The van der Waals surface area contributed by atoms with Crippen LogP contribution in [0.15, 0.2) is 11.6 Å². The second kappa shape index (κ2) is 7.14. The standard InChI is InChI=1S/C16H28/c1-2-4-7-11-15(12-8-5-3-1)16-13-9-6-10-14-16/h11,16H,1-10,12-14H2. The maximum atomic E-state index is 2.63. The van der Waals surface area contributed by atoms with Crippen LogP contribution in [0.2, 0.25) is 0 Å². The number of allylic oxidation sites excluding steroid dienone is 2. The molecule has 0 aliphatic heterocycles. The summed E-state index contributed by atoms with van der Waals surface area (Å²) >= 11 is 0. The highest BCUT2D eigenvalue weighted by molar-refractivity contribution is 5.08. The first-order valence-corrected chi connectivity index (χ1v) is 7.66. The van der Waals surface area contributed by atoms with Gasteiger partial charge in [0.2, 0.25) is 0 Å². The monoisotopic (exact) mass is 220 g/mol. The lowest BCUT2D eigenvalue weighted by Crippen LogP contribution is -2.09. The molecular formula is C16H28. The predicted octanol–water partition coefficient (Wildman–Crippen LogP) is 5.63. The molecule has 0 unspecified atom stereocenters. The van der Waals surface area contributed by atoms with Gasteiger partial charge < -0.3 is 0 Å². The zero-order valence-electron chi connectivity index (χ0n) is 10.8. The molecule has 0 N–H and O–H groups in total. The Balaban J connectivity index is 1.89. The third kappa shape index (κ3) is 3.96. The van der Waals surface area contributed by atoms with Crippen LogP contribution in [-0.2, 0) is 0 Å². The fourth-order valence-electron chi connectivity index (χ4n) is 3.41. The molecule has 0 aromatic carbocycles. The Labute approximate surface area is 102 Å². The van der Waals surface area contributed by atoms with Crippen LogP contribution in [0.4, 0.5) is 0 Å². The lowest BCUT2D eigenvalue weighted by Gasteiger charge is -2.25. The van der Waals surface area contributed by atoms with Gasteiger partial charge in [0, 0.05) is 0 Å². The number of rotatable bonds is 1. The van der Waals surface area contributed by atoms with Gasteiger partial charge in [-0.2, -0.15) is 0 Å². The molecule has 16 heavy (non-hydrogen) atoms. The molecule has 0 heterocycles. The van der Waals surface area contributed by atoms with Crippen LogP contribution in [0.1, 0.15) is 83.5 Å². The molecule has 0 bridgehead atoms. The first kappa shape index (κ1) is 12.2. The van der Waals surface area contributed by atoms with Crippen LogP contribution >= 0.6 is 0 Å². The fraction of sp³-hybridized carbons (Fsp3) is 0.875. The molecule has 0 aromatic rings. The third-order valence-electron chi connectivity index (χ3n) is 4.46. The molecule has 0 heteroatoms. The lowest BCUT2D eigenvalue weighted by atomic mass is 9.81. The Morgan fingerprint density at radius 1 is 0.688 bits per heavy atom. The van der Waals surface area contributed by atoms with Gasteiger partial charge in [-0.05, 0) is 44.4 Å². The molecule has 0 amide bonds. The van der Waals surface area contributed by atoms with E-state index in [4.69, 9.17) is 0 Å². The zero-order chi connectivity index (χ0) is 11.1. The molecule has 0 radical (unpaired) electrons. The molecule has 2 aliphatic rings. The van der Waals surface area contributed by atoms with Gasteiger partial charge in [0.05, 0.1) is 0 Å². The van der Waals surface area contributed by atoms with Crippen LogP contribution in [0.25, 0.3) is 0 Å². The van der Waals surface area contributed by atoms with Crippen molar-refractivity contribution in [3.8, 4) is 0 Å². The fourth-order valence-corrected chi connectivity index (χ4v) is 3.41. The largest absolute Gasteiger partial charge is 0.0851 e. The summed E-state index contributed by atoms with van der Waals surface area (Å²) in [6.45, 7) is 0. The summed E-state index contributed by atoms with van der Waals surface area (Å²) in [7, 11) is 0. The third-order valence-corrected chi connectivity index (χ3v) is 4.46. The van der Waals surface area contributed by atoms with Crippen LogP contribution in [-0.4, -0.2) is 0 Å². The topological polar surface area (TPSA) is 0 Å². The van der Waals surface area contributed by atoms with Crippen molar-refractivity contribution in [2.45, 2.75) is 83.5 Å². The molecule has 0 nitrogen and oxygen atoms in total. The average Bonchev–Trinajstić information content (AvgIpc) is 2.37. The first-order chi connectivity index (χ1) is 7.97. The van der Waals surface area contributed by atoms with Gasteiger partial charge in [-0.1, -0.05) is 56.6 Å². The Morgan fingerprint density at radius 2 is 1.31 bits per heavy atom. The maximum Gasteiger partial charge on any atom is -0.0203 e. The van der Waals surface area contributed by atoms with Gasteiger partial charge in [-0.3, -0.25) is 0 Å². The minimum atomic E-state index is 0.980. The van der Waals surface area contributed by atoms with E-state index in [-0.39, 0.29) is 0 Å². The van der Waals surface area contributed by atoms with Crippen molar-refractivity contribution in [2.24, 2.45) is 5.92 Å². The van der Waals surface area contributed by atoms with E-state index in [1.807, 2.05) is 5.57 Å². The molecule has 1 fully saturated rings. The van der Waals surface area contributed by atoms with Crippen LogP contribution in [0, 0.1) is 5.92 Å². The molecule has 2 aliphatic carbocycles. The first-order valence-electron chi connectivity index (χ1n) is 7.66. The normalized spacial score (nSPS) is 26.1. The van der Waals surface area contributed by atoms with Crippen molar-refractivity contribution in [1.82, 2.24) is 0 Å². The quantitative estimate of drug-likeness (QED) is 0.502. The van der Waals surface area contributed by atoms with Crippen molar-refractivity contribution in [3.63, 3.8) is 0 Å². The molecular weight excluding hydrogens is 192 g/mol. The van der Waals surface area contributed by atoms with E-state index < -0.39 is 0 Å². The van der Waals surface area contributed by atoms with Crippen LogP contribution in [0.3, 0.4) is 0 Å². The summed E-state index contributed by atoms with van der Waals surface area (Å²) in [5.41, 5.74) is 1.85. The summed E-state index contributed by atoms with van der Waals surface area (Å²) in [4.78, 5) is 0. The average molecular weight is 220 g/mol. The van der Waals surface area contributed by atoms with Crippen LogP contribution in [0.5, 0.6) is 0 Å². The van der Waals surface area contributed by atoms with Gasteiger partial charge in [0.1, 0.15) is 0 Å². The number of hydrogen-bond acceptors (Lipinski definition) is 0. The molecule has 0 spiro atoms. The number of hydrogen-bond donors (Lipinski definition) is 0. The highest BCUT2D eigenvalue weighted by Gasteiger charge is 2.17. The van der Waals surface area contributed by atoms with E-state index in [0.717, 1.165) is 5.92 Å². The van der Waals surface area contributed by atoms with Crippen molar-refractivity contribution in [3.05, 3.63) is 11.6 Å². The zero-order valence-corrected chi connectivity index (χ0v) is 10.8. The van der Waals surface area contributed by atoms with Gasteiger partial charge in [0.15, 0.2) is 0 Å². The Kier molecular flexibility index (Phi) is 5.45. The van der Waals surface area contributed by atoms with Crippen molar-refractivity contribution < 1.29 is 0 Å².